The number of hydrogen-bond acceptors (Lipinski definition) is 5. The molecule has 136 valence electrons. The van der Waals surface area contributed by atoms with Crippen molar-refractivity contribution in [3.05, 3.63) is 10.6 Å². The van der Waals surface area contributed by atoms with Crippen LogP contribution in [0.5, 0.6) is 0 Å². The molecule has 0 spiro atoms. The molecule has 1 aromatic heterocycles. The van der Waals surface area contributed by atoms with Gasteiger partial charge in [-0.3, -0.25) is 4.79 Å². The molecule has 3 N–H and O–H groups in total. The lowest BCUT2D eigenvalue weighted by molar-refractivity contribution is -0.166. The Morgan fingerprint density at radius 1 is 1.38 bits per heavy atom. The Hall–Kier alpha value is -0.690. The van der Waals surface area contributed by atoms with Crippen molar-refractivity contribution in [2.45, 2.75) is 70.9 Å². The first kappa shape index (κ1) is 19.6. The van der Waals surface area contributed by atoms with Gasteiger partial charge in [0, 0.05) is 23.3 Å². The van der Waals surface area contributed by atoms with Gasteiger partial charge in [-0.15, -0.1) is 23.7 Å². The van der Waals surface area contributed by atoms with E-state index in [4.69, 9.17) is 10.5 Å². The van der Waals surface area contributed by atoms with Gasteiger partial charge in [-0.1, -0.05) is 20.3 Å². The predicted molar refractivity (Wildman–Crippen MR) is 100.0 cm³/mol. The summed E-state index contributed by atoms with van der Waals surface area (Å²) >= 11 is 1.61. The van der Waals surface area contributed by atoms with Crippen LogP contribution in [0.2, 0.25) is 0 Å². The van der Waals surface area contributed by atoms with Crippen molar-refractivity contribution in [3.8, 4) is 0 Å². The number of carbonyl (C=O) groups is 1. The number of nitrogens with two attached hydrogens (primary N) is 1. The molecule has 2 aliphatic carbocycles. The lowest BCUT2D eigenvalue weighted by atomic mass is 9.54. The van der Waals surface area contributed by atoms with Gasteiger partial charge >= 0.3 is 0 Å². The highest BCUT2D eigenvalue weighted by Crippen LogP contribution is 2.50. The number of nitrogens with one attached hydrogen (secondary N) is 1. The minimum atomic E-state index is -0.893. The lowest BCUT2D eigenvalue weighted by Crippen LogP contribution is -2.74. The third-order valence-corrected chi connectivity index (χ3v) is 6.62. The van der Waals surface area contributed by atoms with E-state index in [-0.39, 0.29) is 29.8 Å². The molecule has 2 aliphatic rings. The van der Waals surface area contributed by atoms with E-state index in [0.717, 1.165) is 18.5 Å². The van der Waals surface area contributed by atoms with Crippen molar-refractivity contribution in [3.63, 3.8) is 0 Å². The average molecular weight is 374 g/mol. The fourth-order valence-electron chi connectivity index (χ4n) is 3.61. The third-order valence-electron chi connectivity index (χ3n) is 5.55. The molecule has 1 fully saturated rings. The fourth-order valence-corrected chi connectivity index (χ4v) is 4.66. The first-order valence-corrected chi connectivity index (χ1v) is 9.40. The van der Waals surface area contributed by atoms with Crippen LogP contribution in [-0.4, -0.2) is 29.1 Å². The number of rotatable bonds is 4. The third kappa shape index (κ3) is 3.21. The Kier molecular flexibility index (Phi) is 5.95. The molecule has 1 heterocycles. The van der Waals surface area contributed by atoms with Crippen molar-refractivity contribution in [2.24, 2.45) is 11.1 Å². The standard InChI is InChI=1S/C17H27N3O2S.ClH/c1-4-22-13-10-17(18,16(13,2)3)14(21)20-15-19-11-8-6-5-7-9-12(11)23-15;/h13H,4-10,18H2,1-3H3,(H,19,20,21);1H. The van der Waals surface area contributed by atoms with Gasteiger partial charge in [-0.05, 0) is 32.6 Å². The van der Waals surface area contributed by atoms with E-state index >= 15 is 0 Å². The van der Waals surface area contributed by atoms with Crippen molar-refractivity contribution in [2.75, 3.05) is 11.9 Å². The number of nitrogens with zero attached hydrogens (tertiary/aromatic N) is 1. The molecule has 1 aromatic rings. The summed E-state index contributed by atoms with van der Waals surface area (Å²) in [5.41, 5.74) is 6.32. The van der Waals surface area contributed by atoms with Crippen molar-refractivity contribution < 1.29 is 9.53 Å². The maximum absolute atomic E-state index is 12.7. The zero-order valence-electron chi connectivity index (χ0n) is 14.7. The number of ether oxygens (including phenoxy) is 1. The van der Waals surface area contributed by atoms with E-state index < -0.39 is 5.54 Å². The average Bonchev–Trinajstić information content (AvgIpc) is 2.75. The molecule has 1 amide bonds. The molecule has 3 rings (SSSR count). The summed E-state index contributed by atoms with van der Waals surface area (Å²) in [6.45, 7) is 6.63. The summed E-state index contributed by atoms with van der Waals surface area (Å²) in [6.07, 6.45) is 6.37. The molecule has 0 aliphatic heterocycles. The Morgan fingerprint density at radius 3 is 2.75 bits per heavy atom. The molecule has 24 heavy (non-hydrogen) atoms. The first-order chi connectivity index (χ1) is 10.9. The monoisotopic (exact) mass is 373 g/mol. The second kappa shape index (κ2) is 7.28. The molecular formula is C17H28ClN3O2S. The second-order valence-corrected chi connectivity index (χ2v) is 8.33. The smallest absolute Gasteiger partial charge is 0.246 e. The van der Waals surface area contributed by atoms with E-state index in [1.807, 2.05) is 20.8 Å². The van der Waals surface area contributed by atoms with E-state index in [9.17, 15) is 4.79 Å². The summed E-state index contributed by atoms with van der Waals surface area (Å²) in [5.74, 6) is -0.137. The second-order valence-electron chi connectivity index (χ2n) is 7.24. The first-order valence-electron chi connectivity index (χ1n) is 8.59. The van der Waals surface area contributed by atoms with Gasteiger partial charge in [0.15, 0.2) is 5.13 Å². The summed E-state index contributed by atoms with van der Waals surface area (Å²) in [7, 11) is 0. The molecule has 0 saturated heterocycles. The fraction of sp³-hybridized carbons (Fsp3) is 0.765. The normalized spacial score (nSPS) is 28.1. The summed E-state index contributed by atoms with van der Waals surface area (Å²) in [5, 5.41) is 3.66. The molecule has 5 nitrogen and oxygen atoms in total. The number of hydrogen-bond donors (Lipinski definition) is 2. The van der Waals surface area contributed by atoms with Crippen LogP contribution >= 0.6 is 23.7 Å². The van der Waals surface area contributed by atoms with Crippen LogP contribution in [0, 0.1) is 5.41 Å². The van der Waals surface area contributed by atoms with Gasteiger partial charge in [0.25, 0.3) is 0 Å². The number of halogens is 1. The van der Waals surface area contributed by atoms with Crippen LogP contribution < -0.4 is 11.1 Å². The Bertz CT molecular complexity index is 581. The van der Waals surface area contributed by atoms with E-state index in [0.29, 0.717) is 18.2 Å². The molecule has 2 atom stereocenters. The van der Waals surface area contributed by atoms with Crippen molar-refractivity contribution in [1.29, 1.82) is 0 Å². The van der Waals surface area contributed by atoms with Gasteiger partial charge in [-0.25, -0.2) is 4.98 Å². The van der Waals surface area contributed by atoms with Crippen LogP contribution in [0.4, 0.5) is 5.13 Å². The van der Waals surface area contributed by atoms with Gasteiger partial charge in [0.05, 0.1) is 11.8 Å². The number of amides is 1. The number of aryl methyl sites for hydroxylation is 2. The summed E-state index contributed by atoms with van der Waals surface area (Å²) < 4.78 is 5.70. The maximum atomic E-state index is 12.7. The van der Waals surface area contributed by atoms with Crippen LogP contribution in [0.25, 0.3) is 0 Å². The maximum Gasteiger partial charge on any atom is 0.246 e. The van der Waals surface area contributed by atoms with Crippen LogP contribution in [0.3, 0.4) is 0 Å². The highest BCUT2D eigenvalue weighted by atomic mass is 35.5. The van der Waals surface area contributed by atoms with Crippen LogP contribution in [-0.2, 0) is 22.4 Å². The molecule has 0 aromatic carbocycles. The largest absolute Gasteiger partial charge is 0.378 e. The van der Waals surface area contributed by atoms with Crippen LogP contribution in [0.1, 0.15) is 57.0 Å². The van der Waals surface area contributed by atoms with Crippen molar-refractivity contribution in [1.82, 2.24) is 4.98 Å². The summed E-state index contributed by atoms with van der Waals surface area (Å²) in [6, 6.07) is 0. The van der Waals surface area contributed by atoms with E-state index in [1.54, 1.807) is 11.3 Å². The Balaban J connectivity index is 0.00000208. The quantitative estimate of drug-likeness (QED) is 0.794. The number of fused-ring (bicyclic) bond motifs is 1. The number of aromatic nitrogens is 1. The SMILES string of the molecule is CCOC1CC(N)(C(=O)Nc2nc3c(s2)CCCCC3)C1(C)C.Cl. The zero-order valence-corrected chi connectivity index (χ0v) is 16.3. The molecule has 0 bridgehead atoms. The van der Waals surface area contributed by atoms with Crippen LogP contribution in [0.15, 0.2) is 0 Å². The topological polar surface area (TPSA) is 77.2 Å². The molecule has 7 heteroatoms. The number of anilines is 1. The van der Waals surface area contributed by atoms with Crippen molar-refractivity contribution >= 4 is 34.8 Å². The minimum Gasteiger partial charge on any atom is -0.378 e. The van der Waals surface area contributed by atoms with Gasteiger partial charge in [-0.2, -0.15) is 0 Å². The highest BCUT2D eigenvalue weighted by Gasteiger charge is 2.63. The Labute approximate surface area is 154 Å². The highest BCUT2D eigenvalue weighted by molar-refractivity contribution is 7.15. The predicted octanol–water partition coefficient (Wildman–Crippen LogP) is 3.30. The van der Waals surface area contributed by atoms with Gasteiger partial charge in [0.2, 0.25) is 5.91 Å². The lowest BCUT2D eigenvalue weighted by Gasteiger charge is -2.57. The molecule has 1 saturated carbocycles. The molecular weight excluding hydrogens is 346 g/mol. The minimum absolute atomic E-state index is 0. The number of carbonyl (C=O) groups excluding carboxylic acids is 1. The van der Waals surface area contributed by atoms with E-state index in [2.05, 4.69) is 10.3 Å². The molecule has 2 unspecified atom stereocenters. The van der Waals surface area contributed by atoms with Gasteiger partial charge in [0.1, 0.15) is 5.54 Å². The van der Waals surface area contributed by atoms with Gasteiger partial charge < -0.3 is 15.8 Å². The van der Waals surface area contributed by atoms with E-state index in [1.165, 1.54) is 24.1 Å². The number of thiazole rings is 1. The summed E-state index contributed by atoms with van der Waals surface area (Å²) in [4.78, 5) is 18.7. The Morgan fingerprint density at radius 2 is 2.08 bits per heavy atom. The zero-order chi connectivity index (χ0) is 16.7. The molecule has 0 radical (unpaired) electrons.